The van der Waals surface area contributed by atoms with E-state index in [4.69, 9.17) is 5.73 Å². The molecule has 0 aliphatic carbocycles. The number of carbonyl (C=O) groups is 1. The first-order valence-corrected chi connectivity index (χ1v) is 6.95. The Morgan fingerprint density at radius 1 is 1.50 bits per heavy atom. The number of anilines is 1. The van der Waals surface area contributed by atoms with E-state index in [0.29, 0.717) is 17.4 Å². The van der Waals surface area contributed by atoms with E-state index in [0.717, 1.165) is 13.0 Å². The Labute approximate surface area is 112 Å². The second kappa shape index (κ2) is 4.72. The van der Waals surface area contributed by atoms with Crippen LogP contribution in [0.25, 0.3) is 0 Å². The number of aromatic nitrogens is 1. The molecule has 0 bridgehead atoms. The van der Waals surface area contributed by atoms with E-state index in [-0.39, 0.29) is 11.3 Å². The molecule has 2 N–H and O–H groups in total. The van der Waals surface area contributed by atoms with Crippen molar-refractivity contribution in [3.63, 3.8) is 0 Å². The lowest BCUT2D eigenvalue weighted by molar-refractivity contribution is 0.0760. The Kier molecular flexibility index (Phi) is 3.43. The number of rotatable bonds is 1. The Hall–Kier alpha value is -1.36. The highest BCUT2D eigenvalue weighted by molar-refractivity contribution is 7.13. The van der Waals surface area contributed by atoms with Gasteiger partial charge in [-0.1, -0.05) is 32.4 Å². The Morgan fingerprint density at radius 2 is 2.22 bits per heavy atom. The lowest BCUT2D eigenvalue weighted by atomic mass is 9.83. The van der Waals surface area contributed by atoms with E-state index < -0.39 is 0 Å². The Bertz CT molecular complexity index is 485. The summed E-state index contributed by atoms with van der Waals surface area (Å²) in [4.78, 5) is 18.0. The fourth-order valence-electron chi connectivity index (χ4n) is 2.08. The molecule has 0 unspecified atom stereocenters. The van der Waals surface area contributed by atoms with Crippen molar-refractivity contribution in [2.75, 3.05) is 18.8 Å². The van der Waals surface area contributed by atoms with Gasteiger partial charge in [-0.25, -0.2) is 4.98 Å². The molecular formula is C13H19N3OS. The molecule has 0 saturated heterocycles. The van der Waals surface area contributed by atoms with Crippen molar-refractivity contribution in [2.24, 2.45) is 5.41 Å². The summed E-state index contributed by atoms with van der Waals surface area (Å²) in [6, 6.07) is 0. The first-order valence-electron chi connectivity index (χ1n) is 6.08. The van der Waals surface area contributed by atoms with E-state index in [2.05, 4.69) is 31.8 Å². The summed E-state index contributed by atoms with van der Waals surface area (Å²) in [5.74, 6) is -0.0211. The molecule has 0 aromatic carbocycles. The SMILES string of the molecule is CC(C)(C)C1=CCN(C(=O)c2csc(N)n2)CC1. The number of carbonyl (C=O) groups excluding carboxylic acids is 1. The number of nitrogens with two attached hydrogens (primary N) is 1. The number of thiazole rings is 1. The molecule has 0 spiro atoms. The van der Waals surface area contributed by atoms with Gasteiger partial charge in [-0.2, -0.15) is 0 Å². The van der Waals surface area contributed by atoms with Crippen LogP contribution in [-0.2, 0) is 0 Å². The predicted octanol–water partition coefficient (Wildman–Crippen LogP) is 2.54. The fraction of sp³-hybridized carbons (Fsp3) is 0.538. The van der Waals surface area contributed by atoms with E-state index in [1.165, 1.54) is 16.9 Å². The van der Waals surface area contributed by atoms with Crippen LogP contribution in [0.3, 0.4) is 0 Å². The third-order valence-corrected chi connectivity index (χ3v) is 3.87. The number of amides is 1. The van der Waals surface area contributed by atoms with Gasteiger partial charge in [-0.3, -0.25) is 4.79 Å². The van der Waals surface area contributed by atoms with Crippen molar-refractivity contribution in [3.05, 3.63) is 22.7 Å². The minimum atomic E-state index is -0.0211. The summed E-state index contributed by atoms with van der Waals surface area (Å²) >= 11 is 1.31. The lowest BCUT2D eigenvalue weighted by Crippen LogP contribution is -2.36. The average Bonchev–Trinajstić information content (AvgIpc) is 2.74. The van der Waals surface area contributed by atoms with Gasteiger partial charge in [0.25, 0.3) is 5.91 Å². The maximum atomic E-state index is 12.2. The molecule has 2 heterocycles. The standard InChI is InChI=1S/C13H19N3OS/c1-13(2,3)9-4-6-16(7-5-9)11(17)10-8-18-12(14)15-10/h4,8H,5-7H2,1-3H3,(H2,14,15). The lowest BCUT2D eigenvalue weighted by Gasteiger charge is -2.31. The van der Waals surface area contributed by atoms with E-state index in [1.807, 2.05) is 4.90 Å². The first kappa shape index (κ1) is 13.1. The van der Waals surface area contributed by atoms with Gasteiger partial charge in [-0.05, 0) is 11.8 Å². The molecule has 4 nitrogen and oxygen atoms in total. The van der Waals surface area contributed by atoms with Crippen molar-refractivity contribution in [3.8, 4) is 0 Å². The first-order chi connectivity index (χ1) is 8.38. The summed E-state index contributed by atoms with van der Waals surface area (Å²) < 4.78 is 0. The molecule has 1 aromatic rings. The highest BCUT2D eigenvalue weighted by Gasteiger charge is 2.25. The molecule has 1 aliphatic rings. The molecule has 18 heavy (non-hydrogen) atoms. The monoisotopic (exact) mass is 265 g/mol. The molecule has 1 amide bonds. The van der Waals surface area contributed by atoms with Crippen molar-refractivity contribution in [1.82, 2.24) is 9.88 Å². The molecular weight excluding hydrogens is 246 g/mol. The van der Waals surface area contributed by atoms with Crippen molar-refractivity contribution < 1.29 is 4.79 Å². The zero-order valence-electron chi connectivity index (χ0n) is 11.1. The summed E-state index contributed by atoms with van der Waals surface area (Å²) in [6.45, 7) is 8.05. The number of hydrogen-bond donors (Lipinski definition) is 1. The van der Waals surface area contributed by atoms with Gasteiger partial charge in [0.15, 0.2) is 5.13 Å². The smallest absolute Gasteiger partial charge is 0.273 e. The van der Waals surface area contributed by atoms with Gasteiger partial charge in [0.2, 0.25) is 0 Å². The van der Waals surface area contributed by atoms with Gasteiger partial charge < -0.3 is 10.6 Å². The Balaban J connectivity index is 2.06. The van der Waals surface area contributed by atoms with E-state index in [1.54, 1.807) is 5.38 Å². The maximum absolute atomic E-state index is 12.2. The molecule has 0 fully saturated rings. The van der Waals surface area contributed by atoms with Crippen LogP contribution in [-0.4, -0.2) is 28.9 Å². The minimum absolute atomic E-state index is 0.0211. The third kappa shape index (κ3) is 2.72. The average molecular weight is 265 g/mol. The normalized spacial score (nSPS) is 16.6. The quantitative estimate of drug-likeness (QED) is 0.794. The minimum Gasteiger partial charge on any atom is -0.375 e. The number of hydrogen-bond acceptors (Lipinski definition) is 4. The molecule has 0 saturated carbocycles. The van der Waals surface area contributed by atoms with Crippen LogP contribution in [0.15, 0.2) is 17.0 Å². The maximum Gasteiger partial charge on any atom is 0.273 e. The van der Waals surface area contributed by atoms with Crippen molar-refractivity contribution in [2.45, 2.75) is 27.2 Å². The third-order valence-electron chi connectivity index (χ3n) is 3.20. The molecule has 98 valence electrons. The fourth-order valence-corrected chi connectivity index (χ4v) is 2.62. The molecule has 1 aromatic heterocycles. The van der Waals surface area contributed by atoms with E-state index >= 15 is 0 Å². The van der Waals surface area contributed by atoms with E-state index in [9.17, 15) is 4.79 Å². The summed E-state index contributed by atoms with van der Waals surface area (Å²) in [5.41, 5.74) is 7.63. The van der Waals surface area contributed by atoms with Gasteiger partial charge >= 0.3 is 0 Å². The number of nitrogens with zero attached hydrogens (tertiary/aromatic N) is 2. The van der Waals surface area contributed by atoms with Crippen LogP contribution in [0.4, 0.5) is 5.13 Å². The highest BCUT2D eigenvalue weighted by Crippen LogP contribution is 2.30. The Morgan fingerprint density at radius 3 is 2.67 bits per heavy atom. The largest absolute Gasteiger partial charge is 0.375 e. The van der Waals surface area contributed by atoms with Crippen LogP contribution in [0.2, 0.25) is 0 Å². The van der Waals surface area contributed by atoms with Crippen LogP contribution < -0.4 is 5.73 Å². The zero-order valence-corrected chi connectivity index (χ0v) is 11.9. The topological polar surface area (TPSA) is 59.2 Å². The molecule has 0 radical (unpaired) electrons. The molecule has 5 heteroatoms. The van der Waals surface area contributed by atoms with Crippen molar-refractivity contribution >= 4 is 22.4 Å². The van der Waals surface area contributed by atoms with Crippen molar-refractivity contribution in [1.29, 1.82) is 0 Å². The van der Waals surface area contributed by atoms with Gasteiger partial charge in [0.05, 0.1) is 0 Å². The second-order valence-electron chi connectivity index (χ2n) is 5.55. The molecule has 1 aliphatic heterocycles. The van der Waals surface area contributed by atoms with Crippen LogP contribution in [0.1, 0.15) is 37.7 Å². The number of nitrogen functional groups attached to an aromatic ring is 1. The summed E-state index contributed by atoms with van der Waals surface area (Å²) in [5, 5.41) is 2.17. The van der Waals surface area contributed by atoms with Gasteiger partial charge in [0, 0.05) is 18.5 Å². The summed E-state index contributed by atoms with van der Waals surface area (Å²) in [7, 11) is 0. The zero-order chi connectivity index (χ0) is 13.3. The van der Waals surface area contributed by atoms with Gasteiger partial charge in [-0.15, -0.1) is 11.3 Å². The van der Waals surface area contributed by atoms with Crippen LogP contribution >= 0.6 is 11.3 Å². The second-order valence-corrected chi connectivity index (χ2v) is 6.44. The molecule has 0 atom stereocenters. The van der Waals surface area contributed by atoms with Crippen LogP contribution in [0.5, 0.6) is 0 Å². The molecule has 2 rings (SSSR count). The highest BCUT2D eigenvalue weighted by atomic mass is 32.1. The predicted molar refractivity (Wildman–Crippen MR) is 74.6 cm³/mol. The van der Waals surface area contributed by atoms with Gasteiger partial charge in [0.1, 0.15) is 5.69 Å². The van der Waals surface area contributed by atoms with Crippen LogP contribution in [0, 0.1) is 5.41 Å². The summed E-state index contributed by atoms with van der Waals surface area (Å²) in [6.07, 6.45) is 3.10.